The molecule has 2 atom stereocenters. The van der Waals surface area contributed by atoms with Crippen molar-refractivity contribution in [1.29, 1.82) is 0 Å². The van der Waals surface area contributed by atoms with Crippen molar-refractivity contribution in [2.45, 2.75) is 50.6 Å². The first-order chi connectivity index (χ1) is 11.9. The van der Waals surface area contributed by atoms with Crippen LogP contribution in [0.25, 0.3) is 0 Å². The van der Waals surface area contributed by atoms with Crippen molar-refractivity contribution in [3.05, 3.63) is 71.8 Å². The van der Waals surface area contributed by atoms with Gasteiger partial charge in [-0.1, -0.05) is 67.1 Å². The minimum absolute atomic E-state index is 0. The first-order valence-electron chi connectivity index (χ1n) is 9.30. The quantitative estimate of drug-likeness (QED) is 0.713. The normalized spacial score (nSPS) is 24.5. The molecule has 0 spiro atoms. The van der Waals surface area contributed by atoms with Crippen LogP contribution in [-0.2, 0) is 6.54 Å². The summed E-state index contributed by atoms with van der Waals surface area (Å²) in [6.45, 7) is 2.15. The molecule has 1 heterocycles. The predicted molar refractivity (Wildman–Crippen MR) is 108 cm³/mol. The number of hydrogen-bond donors (Lipinski definition) is 0. The number of hydrogen-bond acceptors (Lipinski definition) is 1. The second-order valence-corrected chi connectivity index (χ2v) is 7.07. The molecule has 1 aliphatic carbocycles. The van der Waals surface area contributed by atoms with Crippen molar-refractivity contribution < 1.29 is 0 Å². The molecule has 0 amide bonds. The SMILES string of the molecule is Cl.c1ccc(CN2CCCC2=NC2CCCC2c2ccccc2)cc1. The van der Waals surface area contributed by atoms with E-state index in [-0.39, 0.29) is 12.4 Å². The van der Waals surface area contributed by atoms with Crippen LogP contribution in [0.3, 0.4) is 0 Å². The molecule has 2 aromatic rings. The maximum atomic E-state index is 5.25. The topological polar surface area (TPSA) is 15.6 Å². The Morgan fingerprint density at radius 2 is 1.60 bits per heavy atom. The van der Waals surface area contributed by atoms with Gasteiger partial charge in [-0.25, -0.2) is 0 Å². The smallest absolute Gasteiger partial charge is 0.0996 e. The first-order valence-corrected chi connectivity index (χ1v) is 9.30. The van der Waals surface area contributed by atoms with Crippen LogP contribution in [0.2, 0.25) is 0 Å². The van der Waals surface area contributed by atoms with Gasteiger partial charge in [0, 0.05) is 25.4 Å². The molecule has 132 valence electrons. The van der Waals surface area contributed by atoms with Gasteiger partial charge in [-0.15, -0.1) is 12.4 Å². The third kappa shape index (κ3) is 4.24. The molecule has 0 radical (unpaired) electrons. The highest BCUT2D eigenvalue weighted by Crippen LogP contribution is 2.37. The molecule has 2 fully saturated rings. The van der Waals surface area contributed by atoms with Gasteiger partial charge in [0.1, 0.15) is 0 Å². The van der Waals surface area contributed by atoms with Crippen molar-refractivity contribution in [3.8, 4) is 0 Å². The van der Waals surface area contributed by atoms with Gasteiger partial charge in [0.15, 0.2) is 0 Å². The average Bonchev–Trinajstić information content (AvgIpc) is 3.27. The van der Waals surface area contributed by atoms with E-state index in [1.807, 2.05) is 0 Å². The van der Waals surface area contributed by atoms with Crippen molar-refractivity contribution in [2.75, 3.05) is 6.54 Å². The summed E-state index contributed by atoms with van der Waals surface area (Å²) in [4.78, 5) is 7.75. The Morgan fingerprint density at radius 3 is 2.36 bits per heavy atom. The van der Waals surface area contributed by atoms with Crippen molar-refractivity contribution in [1.82, 2.24) is 4.90 Å². The molecule has 2 nitrogen and oxygen atoms in total. The van der Waals surface area contributed by atoms with Crippen LogP contribution in [0, 0.1) is 0 Å². The Bertz CT molecular complexity index is 684. The van der Waals surface area contributed by atoms with Crippen LogP contribution in [0.1, 0.15) is 49.1 Å². The van der Waals surface area contributed by atoms with Gasteiger partial charge in [-0.05, 0) is 30.4 Å². The number of benzene rings is 2. The number of halogens is 1. The van der Waals surface area contributed by atoms with Crippen LogP contribution in [0.4, 0.5) is 0 Å². The minimum Gasteiger partial charge on any atom is -0.356 e. The van der Waals surface area contributed by atoms with E-state index in [9.17, 15) is 0 Å². The molecular weight excluding hydrogens is 328 g/mol. The van der Waals surface area contributed by atoms with Crippen LogP contribution in [0.5, 0.6) is 0 Å². The van der Waals surface area contributed by atoms with Gasteiger partial charge in [-0.2, -0.15) is 0 Å². The van der Waals surface area contributed by atoms with Gasteiger partial charge < -0.3 is 4.90 Å². The molecule has 0 aromatic heterocycles. The maximum absolute atomic E-state index is 5.25. The molecule has 1 aliphatic heterocycles. The fourth-order valence-corrected chi connectivity index (χ4v) is 4.21. The van der Waals surface area contributed by atoms with E-state index in [1.54, 1.807) is 0 Å². The maximum Gasteiger partial charge on any atom is 0.0996 e. The first kappa shape index (κ1) is 18.0. The lowest BCUT2D eigenvalue weighted by Gasteiger charge is -2.23. The largest absolute Gasteiger partial charge is 0.356 e. The van der Waals surface area contributed by atoms with E-state index in [4.69, 9.17) is 4.99 Å². The summed E-state index contributed by atoms with van der Waals surface area (Å²) in [6.07, 6.45) is 6.21. The number of aliphatic imine (C=N–C) groups is 1. The molecule has 1 saturated carbocycles. The van der Waals surface area contributed by atoms with Crippen LogP contribution >= 0.6 is 12.4 Å². The Labute approximate surface area is 157 Å². The zero-order valence-corrected chi connectivity index (χ0v) is 15.5. The van der Waals surface area contributed by atoms with E-state index in [0.29, 0.717) is 12.0 Å². The monoisotopic (exact) mass is 354 g/mol. The highest BCUT2D eigenvalue weighted by molar-refractivity contribution is 5.85. The zero-order valence-electron chi connectivity index (χ0n) is 14.7. The summed E-state index contributed by atoms with van der Waals surface area (Å²) in [5.74, 6) is 1.95. The molecule has 0 bridgehead atoms. The summed E-state index contributed by atoms with van der Waals surface area (Å²) in [6, 6.07) is 22.2. The van der Waals surface area contributed by atoms with Crippen LogP contribution in [-0.4, -0.2) is 23.3 Å². The molecule has 3 heteroatoms. The predicted octanol–water partition coefficient (Wildman–Crippen LogP) is 5.44. The summed E-state index contributed by atoms with van der Waals surface area (Å²) in [5.41, 5.74) is 2.86. The van der Waals surface area contributed by atoms with E-state index >= 15 is 0 Å². The van der Waals surface area contributed by atoms with E-state index in [0.717, 1.165) is 19.5 Å². The third-order valence-electron chi connectivity index (χ3n) is 5.43. The highest BCUT2D eigenvalue weighted by atomic mass is 35.5. The third-order valence-corrected chi connectivity index (χ3v) is 5.43. The van der Waals surface area contributed by atoms with Gasteiger partial charge >= 0.3 is 0 Å². The molecule has 4 rings (SSSR count). The minimum atomic E-state index is 0. The lowest BCUT2D eigenvalue weighted by Crippen LogP contribution is -2.26. The molecule has 0 N–H and O–H groups in total. The molecule has 2 unspecified atom stereocenters. The Hall–Kier alpha value is -1.80. The van der Waals surface area contributed by atoms with Crippen molar-refractivity contribution in [2.24, 2.45) is 4.99 Å². The summed E-state index contributed by atoms with van der Waals surface area (Å²) >= 11 is 0. The van der Waals surface area contributed by atoms with Crippen molar-refractivity contribution in [3.63, 3.8) is 0 Å². The average molecular weight is 355 g/mol. The van der Waals surface area contributed by atoms with Crippen LogP contribution < -0.4 is 0 Å². The second kappa shape index (κ2) is 8.53. The standard InChI is InChI=1S/C22H26N2.ClH/c1-3-9-18(10-4-1)17-24-16-8-15-22(24)23-21-14-7-13-20(21)19-11-5-2-6-12-19;/h1-6,9-12,20-21H,7-8,13-17H2;1H. The van der Waals surface area contributed by atoms with Crippen molar-refractivity contribution >= 4 is 18.2 Å². The number of likely N-dealkylation sites (tertiary alicyclic amines) is 1. The van der Waals surface area contributed by atoms with E-state index in [1.165, 1.54) is 42.6 Å². The molecular formula is C22H27ClN2. The van der Waals surface area contributed by atoms with E-state index < -0.39 is 0 Å². The highest BCUT2D eigenvalue weighted by Gasteiger charge is 2.30. The Morgan fingerprint density at radius 1 is 0.880 bits per heavy atom. The number of rotatable bonds is 4. The van der Waals surface area contributed by atoms with E-state index in [2.05, 4.69) is 65.6 Å². The number of amidine groups is 1. The molecule has 1 saturated heterocycles. The zero-order chi connectivity index (χ0) is 16.2. The fourth-order valence-electron chi connectivity index (χ4n) is 4.21. The van der Waals surface area contributed by atoms with Gasteiger partial charge in [0.25, 0.3) is 0 Å². The van der Waals surface area contributed by atoms with Gasteiger partial charge in [0.05, 0.1) is 11.9 Å². The number of nitrogens with zero attached hydrogens (tertiary/aromatic N) is 2. The molecule has 2 aromatic carbocycles. The summed E-state index contributed by atoms with van der Waals surface area (Å²) < 4.78 is 0. The molecule has 2 aliphatic rings. The Balaban J connectivity index is 0.00000182. The van der Waals surface area contributed by atoms with Crippen LogP contribution in [0.15, 0.2) is 65.7 Å². The summed E-state index contributed by atoms with van der Waals surface area (Å²) in [5, 5.41) is 0. The van der Waals surface area contributed by atoms with Gasteiger partial charge in [-0.3, -0.25) is 4.99 Å². The lowest BCUT2D eigenvalue weighted by atomic mass is 9.94. The Kier molecular flexibility index (Phi) is 6.14. The summed E-state index contributed by atoms with van der Waals surface area (Å²) in [7, 11) is 0. The fraction of sp³-hybridized carbons (Fsp3) is 0.409. The molecule has 25 heavy (non-hydrogen) atoms. The lowest BCUT2D eigenvalue weighted by molar-refractivity contribution is 0.442. The van der Waals surface area contributed by atoms with Gasteiger partial charge in [0.2, 0.25) is 0 Å². The second-order valence-electron chi connectivity index (χ2n) is 7.07.